The Kier molecular flexibility index (Phi) is 1.62. The molecular weight excluding hydrogens is 194 g/mol. The highest BCUT2D eigenvalue weighted by atomic mass is 35.5. The van der Waals surface area contributed by atoms with Gasteiger partial charge in [-0.2, -0.15) is 0 Å². The van der Waals surface area contributed by atoms with Gasteiger partial charge in [0.1, 0.15) is 0 Å². The first-order valence-electron chi connectivity index (χ1n) is 4.59. The van der Waals surface area contributed by atoms with Crippen LogP contribution < -0.4 is 0 Å². The molecule has 0 aromatic heterocycles. The van der Waals surface area contributed by atoms with E-state index in [-0.39, 0.29) is 0 Å². The van der Waals surface area contributed by atoms with E-state index in [1.54, 1.807) is 0 Å². The third-order valence-electron chi connectivity index (χ3n) is 2.53. The Bertz CT molecular complexity index is 495. The molecule has 0 radical (unpaired) electrons. The van der Waals surface area contributed by atoms with Crippen LogP contribution in [0.4, 0.5) is 5.69 Å². The Labute approximate surface area is 87.4 Å². The van der Waals surface area contributed by atoms with Gasteiger partial charge in [-0.15, -0.1) is 0 Å². The molecule has 0 saturated carbocycles. The molecule has 68 valence electrons. The van der Waals surface area contributed by atoms with Crippen LogP contribution in [0.3, 0.4) is 0 Å². The van der Waals surface area contributed by atoms with Crippen LogP contribution in [0.15, 0.2) is 41.4 Å². The molecule has 14 heavy (non-hydrogen) atoms. The summed E-state index contributed by atoms with van der Waals surface area (Å²) in [5, 5.41) is 0.750. The molecule has 2 aliphatic rings. The maximum absolute atomic E-state index is 5.92. The lowest BCUT2D eigenvalue weighted by molar-refractivity contribution is 1.44. The predicted octanol–water partition coefficient (Wildman–Crippen LogP) is 3.77. The van der Waals surface area contributed by atoms with Crippen molar-refractivity contribution in [1.82, 2.24) is 0 Å². The summed E-state index contributed by atoms with van der Waals surface area (Å²) in [6.45, 7) is 0. The van der Waals surface area contributed by atoms with Gasteiger partial charge < -0.3 is 0 Å². The van der Waals surface area contributed by atoms with Crippen LogP contribution >= 0.6 is 11.6 Å². The number of nitrogens with zero attached hydrogens (tertiary/aromatic N) is 1. The van der Waals surface area contributed by atoms with Crippen LogP contribution in [0.5, 0.6) is 0 Å². The maximum Gasteiger partial charge on any atom is 0.0727 e. The highest BCUT2D eigenvalue weighted by Crippen LogP contribution is 2.38. The van der Waals surface area contributed by atoms with E-state index in [0.29, 0.717) is 0 Å². The second-order valence-electron chi connectivity index (χ2n) is 3.43. The van der Waals surface area contributed by atoms with Gasteiger partial charge in [-0.1, -0.05) is 35.9 Å². The highest BCUT2D eigenvalue weighted by molar-refractivity contribution is 6.33. The number of halogens is 1. The van der Waals surface area contributed by atoms with Crippen molar-refractivity contribution in [2.75, 3.05) is 0 Å². The zero-order chi connectivity index (χ0) is 9.54. The first kappa shape index (κ1) is 8.01. The molecule has 2 heteroatoms. The summed E-state index contributed by atoms with van der Waals surface area (Å²) in [6, 6.07) is 5.88. The lowest BCUT2D eigenvalue weighted by atomic mass is 9.98. The number of benzene rings is 1. The summed E-state index contributed by atoms with van der Waals surface area (Å²) in [5.74, 6) is 0. The minimum absolute atomic E-state index is 0.750. The van der Waals surface area contributed by atoms with Crippen LogP contribution in [0.1, 0.15) is 12.0 Å². The fourth-order valence-electron chi connectivity index (χ4n) is 1.87. The van der Waals surface area contributed by atoms with Crippen LogP contribution in [0.2, 0.25) is 5.02 Å². The zero-order valence-corrected chi connectivity index (χ0v) is 8.25. The van der Waals surface area contributed by atoms with Gasteiger partial charge >= 0.3 is 0 Å². The normalized spacial score (nSPS) is 17.2. The molecule has 0 spiro atoms. The van der Waals surface area contributed by atoms with Crippen molar-refractivity contribution >= 4 is 28.6 Å². The predicted molar refractivity (Wildman–Crippen MR) is 60.3 cm³/mol. The minimum Gasteiger partial charge on any atom is -0.252 e. The summed E-state index contributed by atoms with van der Waals surface area (Å²) in [7, 11) is 0. The number of hydrogen-bond acceptors (Lipinski definition) is 1. The fourth-order valence-corrected chi connectivity index (χ4v) is 2.04. The van der Waals surface area contributed by atoms with Crippen LogP contribution in [-0.4, -0.2) is 5.71 Å². The summed E-state index contributed by atoms with van der Waals surface area (Å²) >= 11 is 5.92. The fraction of sp³-hybridized carbons (Fsp3) is 0.0833. The molecule has 0 amide bonds. The molecular formula is C12H8ClN. The Morgan fingerprint density at radius 1 is 1.29 bits per heavy atom. The summed E-state index contributed by atoms with van der Waals surface area (Å²) in [5.41, 5.74) is 4.61. The summed E-state index contributed by atoms with van der Waals surface area (Å²) < 4.78 is 0. The second kappa shape index (κ2) is 2.82. The molecule has 3 rings (SSSR count). The molecule has 1 nitrogen and oxygen atoms in total. The van der Waals surface area contributed by atoms with E-state index >= 15 is 0 Å². The highest BCUT2D eigenvalue weighted by Gasteiger charge is 2.20. The molecule has 0 saturated heterocycles. The topological polar surface area (TPSA) is 12.4 Å². The van der Waals surface area contributed by atoms with Crippen molar-refractivity contribution in [3.63, 3.8) is 0 Å². The van der Waals surface area contributed by atoms with E-state index < -0.39 is 0 Å². The standard InChI is InChI=1S/C12H8ClN/c13-8-5-6-10-9-3-1-2-4-11(9)14-12(10)7-8/h1-3,5-7H,4H2. The Morgan fingerprint density at radius 3 is 3.14 bits per heavy atom. The van der Waals surface area contributed by atoms with E-state index in [9.17, 15) is 0 Å². The maximum atomic E-state index is 5.92. The van der Waals surface area contributed by atoms with Gasteiger partial charge in [0, 0.05) is 22.6 Å². The minimum atomic E-state index is 0.750. The number of allylic oxidation sites excluding steroid dienone is 4. The summed E-state index contributed by atoms with van der Waals surface area (Å²) in [6.07, 6.45) is 7.24. The van der Waals surface area contributed by atoms with Gasteiger partial charge in [-0.25, -0.2) is 0 Å². The van der Waals surface area contributed by atoms with Gasteiger partial charge in [0.25, 0.3) is 0 Å². The number of rotatable bonds is 0. The molecule has 0 fully saturated rings. The van der Waals surface area contributed by atoms with Gasteiger partial charge in [-0.3, -0.25) is 4.99 Å². The molecule has 1 aromatic carbocycles. The van der Waals surface area contributed by atoms with Crippen LogP contribution in [0.25, 0.3) is 5.57 Å². The third-order valence-corrected chi connectivity index (χ3v) is 2.76. The van der Waals surface area contributed by atoms with Crippen molar-refractivity contribution in [3.8, 4) is 0 Å². The molecule has 0 N–H and O–H groups in total. The molecule has 1 aromatic rings. The van der Waals surface area contributed by atoms with Gasteiger partial charge in [0.2, 0.25) is 0 Å². The van der Waals surface area contributed by atoms with E-state index in [1.807, 2.05) is 18.2 Å². The Morgan fingerprint density at radius 2 is 2.21 bits per heavy atom. The van der Waals surface area contributed by atoms with Crippen molar-refractivity contribution in [2.24, 2.45) is 4.99 Å². The van der Waals surface area contributed by atoms with Gasteiger partial charge in [0.15, 0.2) is 0 Å². The van der Waals surface area contributed by atoms with Crippen molar-refractivity contribution < 1.29 is 0 Å². The molecule has 1 aliphatic heterocycles. The zero-order valence-electron chi connectivity index (χ0n) is 7.50. The van der Waals surface area contributed by atoms with Gasteiger partial charge in [0.05, 0.1) is 11.4 Å². The van der Waals surface area contributed by atoms with Gasteiger partial charge in [-0.05, 0) is 12.1 Å². The first-order chi connectivity index (χ1) is 6.84. The van der Waals surface area contributed by atoms with Crippen LogP contribution in [0, 0.1) is 0 Å². The molecule has 0 atom stereocenters. The van der Waals surface area contributed by atoms with Crippen molar-refractivity contribution in [2.45, 2.75) is 6.42 Å². The first-order valence-corrected chi connectivity index (χ1v) is 4.97. The van der Waals surface area contributed by atoms with E-state index in [0.717, 1.165) is 22.8 Å². The summed E-state index contributed by atoms with van der Waals surface area (Å²) in [4.78, 5) is 4.55. The number of aliphatic imine (C=N–C) groups is 1. The molecule has 0 bridgehead atoms. The van der Waals surface area contributed by atoms with Crippen molar-refractivity contribution in [1.29, 1.82) is 0 Å². The van der Waals surface area contributed by atoms with Crippen molar-refractivity contribution in [3.05, 3.63) is 47.0 Å². The van der Waals surface area contributed by atoms with Crippen LogP contribution in [-0.2, 0) is 0 Å². The van der Waals surface area contributed by atoms with E-state index in [4.69, 9.17) is 11.6 Å². The van der Waals surface area contributed by atoms with E-state index in [2.05, 4.69) is 23.2 Å². The molecule has 1 aliphatic carbocycles. The lowest BCUT2D eigenvalue weighted by Crippen LogP contribution is -1.97. The largest absolute Gasteiger partial charge is 0.252 e. The SMILES string of the molecule is Clc1ccc2c(c1)N=C1CC=CC=C12. The number of fused-ring (bicyclic) bond motifs is 3. The smallest absolute Gasteiger partial charge is 0.0727 e. The average Bonchev–Trinajstić information content (AvgIpc) is 2.54. The third kappa shape index (κ3) is 1.06. The monoisotopic (exact) mass is 201 g/mol. The Balaban J connectivity index is 2.24. The lowest BCUT2D eigenvalue weighted by Gasteiger charge is -2.05. The quantitative estimate of drug-likeness (QED) is 0.606. The van der Waals surface area contributed by atoms with E-state index in [1.165, 1.54) is 11.1 Å². The average molecular weight is 202 g/mol. The molecule has 0 unspecified atom stereocenters. The Hall–Kier alpha value is -1.34. The number of hydrogen-bond donors (Lipinski definition) is 0. The second-order valence-corrected chi connectivity index (χ2v) is 3.87. The molecule has 1 heterocycles.